The van der Waals surface area contributed by atoms with E-state index in [0.29, 0.717) is 22.9 Å². The molecule has 0 aliphatic carbocycles. The van der Waals surface area contributed by atoms with Crippen LogP contribution in [0, 0.1) is 22.7 Å². The summed E-state index contributed by atoms with van der Waals surface area (Å²) in [7, 11) is 0. The number of H-pyrrole nitrogens is 1. The van der Waals surface area contributed by atoms with Crippen LogP contribution in [0.2, 0.25) is 5.02 Å². The summed E-state index contributed by atoms with van der Waals surface area (Å²) in [6.45, 7) is 3.90. The number of nitrogen functional groups attached to an aromatic ring is 1. The van der Waals surface area contributed by atoms with E-state index in [1.54, 1.807) is 30.4 Å². The monoisotopic (exact) mass is 325 g/mol. The van der Waals surface area contributed by atoms with Crippen LogP contribution in [0.25, 0.3) is 11.6 Å². The van der Waals surface area contributed by atoms with Crippen molar-refractivity contribution < 1.29 is 4.74 Å². The van der Waals surface area contributed by atoms with Gasteiger partial charge in [-0.05, 0) is 24.3 Å². The maximum absolute atomic E-state index is 9.40. The first kappa shape index (κ1) is 16.2. The summed E-state index contributed by atoms with van der Waals surface area (Å²) in [6, 6.07) is 8.97. The van der Waals surface area contributed by atoms with Crippen LogP contribution in [0.5, 0.6) is 5.75 Å². The molecule has 1 heterocycles. The van der Waals surface area contributed by atoms with E-state index in [0.717, 1.165) is 0 Å². The molecule has 0 aliphatic rings. The number of aromatic nitrogens is 2. The minimum absolute atomic E-state index is 0.0397. The van der Waals surface area contributed by atoms with Crippen molar-refractivity contribution in [1.82, 2.24) is 10.2 Å². The lowest BCUT2D eigenvalue weighted by Crippen LogP contribution is -1.95. The standard InChI is InChI=1S/C16H12ClN5O/c1-2-5-23-14-4-3-12(17)7-10(14)6-11(8-18)15-13(9-19)16(20)22-21-15/h2-4,6-7H,1,5H2,(H3,20,21,22)/b11-6-. The highest BCUT2D eigenvalue weighted by atomic mass is 35.5. The molecular formula is C16H12ClN5O. The van der Waals surface area contributed by atoms with Crippen molar-refractivity contribution in [3.05, 3.63) is 52.7 Å². The fraction of sp³-hybridized carbons (Fsp3) is 0.0625. The second kappa shape index (κ2) is 7.17. The van der Waals surface area contributed by atoms with Gasteiger partial charge in [-0.25, -0.2) is 0 Å². The maximum Gasteiger partial charge on any atom is 0.163 e. The van der Waals surface area contributed by atoms with Crippen LogP contribution in [0.1, 0.15) is 16.8 Å². The van der Waals surface area contributed by atoms with Crippen LogP contribution in [0.4, 0.5) is 5.82 Å². The molecule has 23 heavy (non-hydrogen) atoms. The fourth-order valence-electron chi connectivity index (χ4n) is 1.89. The first-order chi connectivity index (χ1) is 11.1. The van der Waals surface area contributed by atoms with Crippen molar-refractivity contribution in [3.8, 4) is 17.9 Å². The van der Waals surface area contributed by atoms with E-state index in [-0.39, 0.29) is 22.6 Å². The zero-order chi connectivity index (χ0) is 16.8. The summed E-state index contributed by atoms with van der Waals surface area (Å²) >= 11 is 6.01. The van der Waals surface area contributed by atoms with Crippen LogP contribution in [0.15, 0.2) is 30.9 Å². The Morgan fingerprint density at radius 1 is 1.48 bits per heavy atom. The number of aromatic amines is 1. The third-order valence-corrected chi connectivity index (χ3v) is 3.16. The van der Waals surface area contributed by atoms with E-state index in [1.165, 1.54) is 0 Å². The largest absolute Gasteiger partial charge is 0.489 e. The molecule has 3 N–H and O–H groups in total. The average Bonchev–Trinajstić information content (AvgIpc) is 2.92. The van der Waals surface area contributed by atoms with E-state index in [1.807, 2.05) is 12.1 Å². The van der Waals surface area contributed by atoms with Crippen molar-refractivity contribution in [2.24, 2.45) is 0 Å². The second-order valence-corrected chi connectivity index (χ2v) is 4.86. The number of anilines is 1. The van der Waals surface area contributed by atoms with Gasteiger partial charge in [0.2, 0.25) is 0 Å². The summed E-state index contributed by atoms with van der Waals surface area (Å²) in [6.07, 6.45) is 3.16. The Kier molecular flexibility index (Phi) is 5.03. The zero-order valence-electron chi connectivity index (χ0n) is 12.0. The molecule has 0 aliphatic heterocycles. The molecule has 0 saturated carbocycles. The van der Waals surface area contributed by atoms with Crippen LogP contribution in [0.3, 0.4) is 0 Å². The van der Waals surface area contributed by atoms with Crippen molar-refractivity contribution in [3.63, 3.8) is 0 Å². The first-order valence-electron chi connectivity index (χ1n) is 6.50. The minimum atomic E-state index is 0.0397. The highest BCUT2D eigenvalue weighted by molar-refractivity contribution is 6.30. The molecule has 7 heteroatoms. The number of rotatable bonds is 5. The van der Waals surface area contributed by atoms with Gasteiger partial charge in [-0.3, -0.25) is 5.10 Å². The number of benzene rings is 1. The lowest BCUT2D eigenvalue weighted by atomic mass is 10.1. The van der Waals surface area contributed by atoms with Crippen LogP contribution < -0.4 is 10.5 Å². The van der Waals surface area contributed by atoms with Gasteiger partial charge >= 0.3 is 0 Å². The van der Waals surface area contributed by atoms with Crippen molar-refractivity contribution in [2.75, 3.05) is 12.3 Å². The molecular weight excluding hydrogens is 314 g/mol. The quantitative estimate of drug-likeness (QED) is 0.647. The van der Waals surface area contributed by atoms with Gasteiger partial charge in [0.05, 0.1) is 11.3 Å². The van der Waals surface area contributed by atoms with Gasteiger partial charge < -0.3 is 10.5 Å². The minimum Gasteiger partial charge on any atom is -0.489 e. The molecule has 2 aromatic rings. The normalized spacial score (nSPS) is 10.7. The van der Waals surface area contributed by atoms with E-state index in [4.69, 9.17) is 27.3 Å². The number of hydrogen-bond acceptors (Lipinski definition) is 5. The predicted molar refractivity (Wildman–Crippen MR) is 88.3 cm³/mol. The molecule has 2 rings (SSSR count). The predicted octanol–water partition coefficient (Wildman–Crippen LogP) is 3.15. The van der Waals surface area contributed by atoms with Gasteiger partial charge in [0, 0.05) is 10.6 Å². The van der Waals surface area contributed by atoms with Gasteiger partial charge in [-0.2, -0.15) is 15.6 Å². The Labute approximate surface area is 138 Å². The summed E-state index contributed by atoms with van der Waals surface area (Å²) in [5.41, 5.74) is 6.75. The third kappa shape index (κ3) is 3.52. The fourth-order valence-corrected chi connectivity index (χ4v) is 2.07. The Balaban J connectivity index is 2.54. The molecule has 0 unspecified atom stereocenters. The highest BCUT2D eigenvalue weighted by Gasteiger charge is 2.15. The zero-order valence-corrected chi connectivity index (χ0v) is 12.8. The molecule has 0 spiro atoms. The average molecular weight is 326 g/mol. The summed E-state index contributed by atoms with van der Waals surface area (Å²) in [5.74, 6) is 0.575. The molecule has 0 saturated heterocycles. The van der Waals surface area contributed by atoms with E-state index in [9.17, 15) is 5.26 Å². The number of allylic oxidation sites excluding steroid dienone is 1. The Morgan fingerprint density at radius 2 is 2.26 bits per heavy atom. The Bertz CT molecular complexity index is 854. The summed E-state index contributed by atoms with van der Waals surface area (Å²) in [5, 5.41) is 25.4. The van der Waals surface area contributed by atoms with E-state index >= 15 is 0 Å². The number of nitrogens with zero attached hydrogens (tertiary/aromatic N) is 3. The number of hydrogen-bond donors (Lipinski definition) is 2. The molecule has 6 nitrogen and oxygen atoms in total. The van der Waals surface area contributed by atoms with Gasteiger partial charge in [0.25, 0.3) is 0 Å². The topological polar surface area (TPSA) is 112 Å². The molecule has 0 fully saturated rings. The summed E-state index contributed by atoms with van der Waals surface area (Å²) in [4.78, 5) is 0. The number of nitrogens with one attached hydrogen (secondary N) is 1. The lowest BCUT2D eigenvalue weighted by molar-refractivity contribution is 0.362. The number of nitriles is 2. The number of halogens is 1. The number of nitrogens with two attached hydrogens (primary N) is 1. The molecule has 114 valence electrons. The van der Waals surface area contributed by atoms with Crippen molar-refractivity contribution in [1.29, 1.82) is 10.5 Å². The molecule has 0 amide bonds. The molecule has 0 radical (unpaired) electrons. The molecule has 1 aromatic heterocycles. The highest BCUT2D eigenvalue weighted by Crippen LogP contribution is 2.29. The maximum atomic E-state index is 9.40. The Hall–Kier alpha value is -3.22. The van der Waals surface area contributed by atoms with Crippen molar-refractivity contribution in [2.45, 2.75) is 0 Å². The van der Waals surface area contributed by atoms with Crippen molar-refractivity contribution >= 4 is 29.1 Å². The van der Waals surface area contributed by atoms with E-state index < -0.39 is 0 Å². The lowest BCUT2D eigenvalue weighted by Gasteiger charge is -2.08. The van der Waals surface area contributed by atoms with Gasteiger partial charge in [0.1, 0.15) is 30.1 Å². The first-order valence-corrected chi connectivity index (χ1v) is 6.87. The smallest absolute Gasteiger partial charge is 0.163 e. The third-order valence-electron chi connectivity index (χ3n) is 2.92. The van der Waals surface area contributed by atoms with Crippen LogP contribution >= 0.6 is 11.6 Å². The van der Waals surface area contributed by atoms with Gasteiger partial charge in [-0.15, -0.1) is 0 Å². The van der Waals surface area contributed by atoms with Gasteiger partial charge in [0.15, 0.2) is 5.82 Å². The van der Waals surface area contributed by atoms with E-state index in [2.05, 4.69) is 16.8 Å². The van der Waals surface area contributed by atoms with Crippen LogP contribution in [-0.4, -0.2) is 16.8 Å². The van der Waals surface area contributed by atoms with Crippen LogP contribution in [-0.2, 0) is 0 Å². The van der Waals surface area contributed by atoms with Gasteiger partial charge in [-0.1, -0.05) is 24.3 Å². The number of ether oxygens (including phenoxy) is 1. The SMILES string of the molecule is C=CCOc1ccc(Cl)cc1/C=C(/C#N)c1[nH]nc(N)c1C#N. The summed E-state index contributed by atoms with van der Waals surface area (Å²) < 4.78 is 5.54. The molecule has 0 bridgehead atoms. The molecule has 0 atom stereocenters. The second-order valence-electron chi connectivity index (χ2n) is 4.42. The molecule has 1 aromatic carbocycles. The Morgan fingerprint density at radius 3 is 2.91 bits per heavy atom.